The molecule has 1 fully saturated rings. The van der Waals surface area contributed by atoms with E-state index >= 15 is 0 Å². The van der Waals surface area contributed by atoms with E-state index in [1.165, 1.54) is 19.7 Å². The highest BCUT2D eigenvalue weighted by molar-refractivity contribution is 5.83. The Bertz CT molecular complexity index is 1200. The summed E-state index contributed by atoms with van der Waals surface area (Å²) in [4.78, 5) is 25.2. The van der Waals surface area contributed by atoms with Crippen LogP contribution in [-0.4, -0.2) is 69.0 Å². The molecule has 12 nitrogen and oxygen atoms in total. The van der Waals surface area contributed by atoms with Gasteiger partial charge in [0.1, 0.15) is 23.9 Å². The number of likely N-dealkylation sites (N-methyl/N-ethyl adjacent to an activating group) is 1. The molecule has 3 aromatic rings. The van der Waals surface area contributed by atoms with Crippen LogP contribution in [0.5, 0.6) is 11.5 Å². The first-order chi connectivity index (χ1) is 17.4. The molecule has 1 aliphatic heterocycles. The SMILES string of the molecule is CCC(CC)Oc1ccc(OC)cc1CNc1ncnc2c1ncn2C1OC(C(=O)NC)C(N)C1O. The van der Waals surface area contributed by atoms with Gasteiger partial charge in [-0.3, -0.25) is 9.36 Å². The van der Waals surface area contributed by atoms with Gasteiger partial charge in [0.2, 0.25) is 0 Å². The highest BCUT2D eigenvalue weighted by Crippen LogP contribution is 2.32. The van der Waals surface area contributed by atoms with Gasteiger partial charge < -0.3 is 35.7 Å². The number of methoxy groups -OCH3 is 1. The van der Waals surface area contributed by atoms with Gasteiger partial charge in [0.25, 0.3) is 5.91 Å². The Morgan fingerprint density at radius 1 is 1.28 bits per heavy atom. The largest absolute Gasteiger partial charge is 0.497 e. The summed E-state index contributed by atoms with van der Waals surface area (Å²) < 4.78 is 19.0. The lowest BCUT2D eigenvalue weighted by Crippen LogP contribution is -2.46. The number of nitrogens with two attached hydrogens (primary N) is 1. The number of nitrogens with one attached hydrogen (secondary N) is 2. The summed E-state index contributed by atoms with van der Waals surface area (Å²) in [6.45, 7) is 4.59. The Hall–Kier alpha value is -3.48. The lowest BCUT2D eigenvalue weighted by atomic mass is 10.1. The number of anilines is 1. The molecule has 5 N–H and O–H groups in total. The highest BCUT2D eigenvalue weighted by Gasteiger charge is 2.46. The zero-order valence-electron chi connectivity index (χ0n) is 20.8. The first-order valence-electron chi connectivity index (χ1n) is 12.0. The predicted molar refractivity (Wildman–Crippen MR) is 133 cm³/mol. The van der Waals surface area contributed by atoms with Gasteiger partial charge in [0, 0.05) is 19.2 Å². The van der Waals surface area contributed by atoms with Gasteiger partial charge in [-0.05, 0) is 31.0 Å². The topological polar surface area (TPSA) is 159 Å². The van der Waals surface area contributed by atoms with Gasteiger partial charge in [-0.15, -0.1) is 0 Å². The first kappa shape index (κ1) is 25.6. The normalized spacial score (nSPS) is 21.6. The van der Waals surface area contributed by atoms with Crippen molar-refractivity contribution in [2.24, 2.45) is 5.73 Å². The van der Waals surface area contributed by atoms with Crippen molar-refractivity contribution in [2.75, 3.05) is 19.5 Å². The van der Waals surface area contributed by atoms with E-state index in [-0.39, 0.29) is 6.10 Å². The molecule has 1 aromatic carbocycles. The fourth-order valence-corrected chi connectivity index (χ4v) is 4.22. The summed E-state index contributed by atoms with van der Waals surface area (Å²) in [6, 6.07) is 4.80. The molecule has 1 amide bonds. The molecule has 0 bridgehead atoms. The van der Waals surface area contributed by atoms with Gasteiger partial charge in [-0.25, -0.2) is 15.0 Å². The summed E-state index contributed by atoms with van der Waals surface area (Å²) in [5, 5.41) is 16.5. The lowest BCUT2D eigenvalue weighted by Gasteiger charge is -2.19. The second-order valence-electron chi connectivity index (χ2n) is 8.56. The zero-order valence-corrected chi connectivity index (χ0v) is 20.8. The third kappa shape index (κ3) is 4.92. The second-order valence-corrected chi connectivity index (χ2v) is 8.56. The number of nitrogens with zero attached hydrogens (tertiary/aromatic N) is 4. The monoisotopic (exact) mass is 499 g/mol. The summed E-state index contributed by atoms with van der Waals surface area (Å²) in [5.74, 6) is 1.57. The number of fused-ring (bicyclic) bond motifs is 1. The predicted octanol–water partition coefficient (Wildman–Crippen LogP) is 1.35. The molecule has 0 aliphatic carbocycles. The number of carbonyl (C=O) groups excluding carboxylic acids is 1. The minimum atomic E-state index is -1.13. The molecule has 3 heterocycles. The second kappa shape index (κ2) is 11.1. The standard InChI is InChI=1S/C24H33N7O5/c1-5-14(6-2)35-16-8-7-15(34-4)9-13(16)10-27-21-18-22(29-11-28-21)31(12-30-18)24-19(32)17(25)20(36-24)23(33)26-3/h7-9,11-12,14,17,19-20,24,32H,5-6,10,25H2,1-4H3,(H,26,33)(H,27,28,29). The third-order valence-corrected chi connectivity index (χ3v) is 6.38. The van der Waals surface area contributed by atoms with Crippen molar-refractivity contribution in [3.8, 4) is 11.5 Å². The summed E-state index contributed by atoms with van der Waals surface area (Å²) >= 11 is 0. The number of aliphatic hydroxyl groups is 1. The molecule has 2 aromatic heterocycles. The van der Waals surface area contributed by atoms with Crippen LogP contribution in [0.25, 0.3) is 11.2 Å². The first-order valence-corrected chi connectivity index (χ1v) is 12.0. The molecular weight excluding hydrogens is 466 g/mol. The van der Waals surface area contributed by atoms with Crippen LogP contribution in [-0.2, 0) is 16.1 Å². The van der Waals surface area contributed by atoms with E-state index in [0.717, 1.165) is 29.9 Å². The molecule has 4 rings (SSSR count). The number of rotatable bonds is 10. The Kier molecular flexibility index (Phi) is 7.87. The van der Waals surface area contributed by atoms with Crippen molar-refractivity contribution in [1.29, 1.82) is 0 Å². The van der Waals surface area contributed by atoms with Crippen molar-refractivity contribution in [1.82, 2.24) is 24.8 Å². The van der Waals surface area contributed by atoms with Crippen LogP contribution in [0.2, 0.25) is 0 Å². The molecule has 4 atom stereocenters. The van der Waals surface area contributed by atoms with Crippen LogP contribution in [0.1, 0.15) is 38.5 Å². The quantitative estimate of drug-likeness (QED) is 0.321. The summed E-state index contributed by atoms with van der Waals surface area (Å²) in [7, 11) is 3.11. The van der Waals surface area contributed by atoms with Crippen molar-refractivity contribution in [3.63, 3.8) is 0 Å². The van der Waals surface area contributed by atoms with Crippen molar-refractivity contribution in [3.05, 3.63) is 36.4 Å². The van der Waals surface area contributed by atoms with Gasteiger partial charge >= 0.3 is 0 Å². The number of aromatic nitrogens is 4. The van der Waals surface area contributed by atoms with Crippen molar-refractivity contribution in [2.45, 2.75) is 63.8 Å². The summed E-state index contributed by atoms with van der Waals surface area (Å²) in [5.41, 5.74) is 7.85. The summed E-state index contributed by atoms with van der Waals surface area (Å²) in [6.07, 6.45) is 1.76. The van der Waals surface area contributed by atoms with Crippen LogP contribution in [0.4, 0.5) is 5.82 Å². The number of ether oxygens (including phenoxy) is 3. The maximum absolute atomic E-state index is 12.1. The average Bonchev–Trinajstić information content (AvgIpc) is 3.46. The minimum absolute atomic E-state index is 0.112. The van der Waals surface area contributed by atoms with Crippen LogP contribution < -0.4 is 25.8 Å². The number of benzene rings is 1. The fraction of sp³-hybridized carbons (Fsp3) is 0.500. The minimum Gasteiger partial charge on any atom is -0.497 e. The van der Waals surface area contributed by atoms with Crippen LogP contribution in [0, 0.1) is 0 Å². The van der Waals surface area contributed by atoms with Crippen molar-refractivity contribution >= 4 is 22.9 Å². The molecule has 4 unspecified atom stereocenters. The van der Waals surface area contributed by atoms with Gasteiger partial charge in [0.05, 0.1) is 25.6 Å². The molecule has 1 saturated heterocycles. The van der Waals surface area contributed by atoms with E-state index in [4.69, 9.17) is 19.9 Å². The van der Waals surface area contributed by atoms with E-state index in [0.29, 0.717) is 23.5 Å². The van der Waals surface area contributed by atoms with E-state index in [1.54, 1.807) is 11.7 Å². The Morgan fingerprint density at radius 2 is 2.06 bits per heavy atom. The molecule has 1 aliphatic rings. The molecule has 12 heteroatoms. The molecular formula is C24H33N7O5. The average molecular weight is 500 g/mol. The molecule has 0 spiro atoms. The molecule has 194 valence electrons. The van der Waals surface area contributed by atoms with E-state index in [2.05, 4.69) is 39.4 Å². The van der Waals surface area contributed by atoms with Gasteiger partial charge in [-0.2, -0.15) is 0 Å². The van der Waals surface area contributed by atoms with Gasteiger partial charge in [0.15, 0.2) is 29.3 Å². The number of carbonyl (C=O) groups is 1. The molecule has 0 radical (unpaired) electrons. The highest BCUT2D eigenvalue weighted by atomic mass is 16.5. The maximum atomic E-state index is 12.1. The van der Waals surface area contributed by atoms with E-state index in [9.17, 15) is 9.90 Å². The molecule has 36 heavy (non-hydrogen) atoms. The Balaban J connectivity index is 1.59. The van der Waals surface area contributed by atoms with E-state index < -0.39 is 30.4 Å². The maximum Gasteiger partial charge on any atom is 0.250 e. The smallest absolute Gasteiger partial charge is 0.250 e. The number of hydrogen-bond donors (Lipinski definition) is 4. The number of amides is 1. The Morgan fingerprint density at radius 3 is 2.75 bits per heavy atom. The number of aliphatic hydroxyl groups excluding tert-OH is 1. The Labute approximate surface area is 209 Å². The number of hydrogen-bond acceptors (Lipinski definition) is 10. The van der Waals surface area contributed by atoms with Crippen molar-refractivity contribution < 1.29 is 24.1 Å². The van der Waals surface area contributed by atoms with E-state index in [1.807, 2.05) is 18.2 Å². The molecule has 0 saturated carbocycles. The zero-order chi connectivity index (χ0) is 25.8. The van der Waals surface area contributed by atoms with Crippen LogP contribution in [0.15, 0.2) is 30.9 Å². The fourth-order valence-electron chi connectivity index (χ4n) is 4.22. The van der Waals surface area contributed by atoms with Crippen LogP contribution >= 0.6 is 0 Å². The lowest BCUT2D eigenvalue weighted by molar-refractivity contribution is -0.134. The van der Waals surface area contributed by atoms with Gasteiger partial charge in [-0.1, -0.05) is 13.8 Å². The third-order valence-electron chi connectivity index (χ3n) is 6.38. The number of imidazole rings is 1. The van der Waals surface area contributed by atoms with Crippen LogP contribution in [0.3, 0.4) is 0 Å².